The fourth-order valence-electron chi connectivity index (χ4n) is 14.5. The van der Waals surface area contributed by atoms with E-state index in [1.54, 1.807) is 164 Å². The molecule has 0 radical (unpaired) electrons. The summed E-state index contributed by atoms with van der Waals surface area (Å²) >= 11 is 2.07. The smallest absolute Gasteiger partial charge is 0.360 e. The van der Waals surface area contributed by atoms with Crippen LogP contribution in [0.3, 0.4) is 0 Å². The molecule has 8 aromatic carbocycles. The van der Waals surface area contributed by atoms with E-state index in [0.717, 1.165) is 86.1 Å². The summed E-state index contributed by atoms with van der Waals surface area (Å²) in [6.45, 7) is 9.77. The Labute approximate surface area is 845 Å². The van der Waals surface area contributed by atoms with Crippen molar-refractivity contribution in [1.82, 2.24) is 50.5 Å². The number of benzene rings is 8. The Kier molecular flexibility index (Phi) is 37.6. The van der Waals surface area contributed by atoms with Gasteiger partial charge in [0.1, 0.15) is 103 Å². The average Bonchev–Trinajstić information content (AvgIpc) is 0.775. The number of carboxylic acids is 1. The number of aromatic hydroxyl groups is 1. The zero-order chi connectivity index (χ0) is 104. The van der Waals surface area contributed by atoms with Crippen LogP contribution in [0.1, 0.15) is 175 Å². The third-order valence-corrected chi connectivity index (χ3v) is 22.7. The Morgan fingerprint density at radius 1 is 0.317 bits per heavy atom. The molecule has 0 unspecified atom stereocenters. The molecule has 2 amide bonds. The Balaban J connectivity index is 0.000000167. The summed E-state index contributed by atoms with van der Waals surface area (Å²) in [4.78, 5) is 122. The molecule has 0 aliphatic heterocycles. The van der Waals surface area contributed by atoms with Gasteiger partial charge in [0, 0.05) is 58.4 Å². The normalized spacial score (nSPS) is 10.7. The third-order valence-electron chi connectivity index (χ3n) is 21.9. The van der Waals surface area contributed by atoms with Crippen molar-refractivity contribution in [1.29, 1.82) is 0 Å². The van der Waals surface area contributed by atoms with E-state index in [1.807, 2.05) is 68.4 Å². The molecule has 30 nitrogen and oxygen atoms in total. The van der Waals surface area contributed by atoms with Gasteiger partial charge < -0.3 is 73.0 Å². The lowest BCUT2D eigenvalue weighted by atomic mass is 10.0. The summed E-state index contributed by atoms with van der Waals surface area (Å²) in [7, 11) is 11.3. The van der Waals surface area contributed by atoms with Gasteiger partial charge in [-0.3, -0.25) is 29.5 Å². The maximum absolute atomic E-state index is 13.4. The second-order valence-electron chi connectivity index (χ2n) is 32.8. The third kappa shape index (κ3) is 28.5. The lowest BCUT2D eigenvalue weighted by molar-refractivity contribution is 0.0577. The highest BCUT2D eigenvalue weighted by Crippen LogP contribution is 2.38. The maximum atomic E-state index is 13.4. The minimum absolute atomic E-state index is 0.0148. The fourth-order valence-corrected chi connectivity index (χ4v) is 15.2. The number of pyridine rings is 8. The number of methoxy groups -OCH3 is 8. The van der Waals surface area contributed by atoms with Gasteiger partial charge in [-0.2, -0.15) is 0 Å². The van der Waals surface area contributed by atoms with Crippen molar-refractivity contribution in [2.75, 3.05) is 56.9 Å². The van der Waals surface area contributed by atoms with E-state index in [2.05, 4.69) is 96.9 Å². The largest absolute Gasteiger partial charge is 0.504 e. The van der Waals surface area contributed by atoms with Crippen LogP contribution in [-0.2, 0) is 70.9 Å². The maximum Gasteiger partial charge on any atom is 0.360 e. The van der Waals surface area contributed by atoms with Crippen molar-refractivity contribution < 1.29 is 113 Å². The molecule has 0 saturated heterocycles. The van der Waals surface area contributed by atoms with E-state index in [4.69, 9.17) is 47.4 Å². The molecule has 0 aliphatic carbocycles. The van der Waals surface area contributed by atoms with Gasteiger partial charge in [0.15, 0.2) is 51.5 Å². The van der Waals surface area contributed by atoms with Crippen molar-refractivity contribution in [2.45, 2.75) is 98.6 Å². The standard InChI is InChI=1S/C29H28FN3O5.C26H21FN2O6.C25H20FIN2O4.C21H20FN3O4.C9H12O/c1-17(2)32-28(34)25-23-14-20(13-18-5-9-21(30)10-6-18)15-31-24(23)27(26(33-25)29(35)37-4)38-16-19-7-11-22(36-3)12-8-19;1-33-19-9-5-16(6-10-19)14-35-24-21-20(22(25(30)31)29-23(24)26(32)34-2)12-17(13-28-21)11-15-3-7-18(27)8-4-15;1-31-19-9-5-16(6-10-19)14-33-23-21-20(24(27)29-22(23)25(30)32-2)12-17(13-28-21)11-15-3-7-18(26)8-4-15;1-11(2)24-20(27)17-15-9-13(8-12-4-6-14(22)7-5-12)10-23-16(15)19(26)18(25-17)21(28)29-3;1-3-8-4-6-9(10-2)7-5-8/h5-12,14-15,17H,13,16H2,1-4H3,(H,32,34);3-10,12-13H,11,14H2,1-2H3,(H,30,31);3-10,12-13H,11,14H2,1-2H3;4-7,9-11,26H,8H2,1-3H3,(H,24,27);4-7H,3H2,1-2H3. The monoisotopic (exact) mass is 2080 g/mol. The number of esters is 4. The molecule has 16 aromatic rings. The summed E-state index contributed by atoms with van der Waals surface area (Å²) < 4.78 is 111. The molecule has 4 N–H and O–H groups in total. The van der Waals surface area contributed by atoms with Crippen molar-refractivity contribution in [3.05, 3.63) is 377 Å². The predicted molar refractivity (Wildman–Crippen MR) is 541 cm³/mol. The number of halogens is 5. The van der Waals surface area contributed by atoms with Crippen LogP contribution in [0.15, 0.2) is 243 Å². The molecule has 0 aliphatic rings. The van der Waals surface area contributed by atoms with Gasteiger partial charge in [0.2, 0.25) is 0 Å². The van der Waals surface area contributed by atoms with E-state index in [1.165, 1.54) is 81.6 Å². The van der Waals surface area contributed by atoms with Gasteiger partial charge in [-0.05, 0) is 270 Å². The van der Waals surface area contributed by atoms with Crippen LogP contribution in [0.25, 0.3) is 43.6 Å². The SMILES string of the molecule is CCc1ccc(OC)cc1.COC(=O)c1nc(C(=O)NC(C)C)c2cc(Cc3ccc(F)cc3)cnc2c1O.COC(=O)c1nc(C(=O)NC(C)C)c2cc(Cc3ccc(F)cc3)cnc2c1OCc1ccc(OC)cc1.COC(=O)c1nc(C(=O)O)c2cc(Cc3ccc(F)cc3)cnc2c1OCc1ccc(OC)cc1.COC(=O)c1nc(I)c2cc(Cc3ccc(F)cc3)cnc2c1OCc1ccc(OC)cc1. The number of amides is 2. The van der Waals surface area contributed by atoms with Gasteiger partial charge in [0.25, 0.3) is 11.8 Å². The number of aromatic carboxylic acids is 1. The average molecular weight is 2090 g/mol. The number of hydrogen-bond donors (Lipinski definition) is 4. The summed E-state index contributed by atoms with van der Waals surface area (Å²) in [5.74, 6) is -3.68. The predicted octanol–water partition coefficient (Wildman–Crippen LogP) is 19.9. The van der Waals surface area contributed by atoms with Crippen LogP contribution in [-0.4, -0.2) is 161 Å². The molecular formula is C110H101F4IN10O20. The van der Waals surface area contributed by atoms with Gasteiger partial charge in [-0.25, -0.2) is 61.5 Å². The number of rotatable bonds is 31. The molecule has 16 rings (SSSR count). The van der Waals surface area contributed by atoms with Crippen LogP contribution >= 0.6 is 22.6 Å². The summed E-state index contributed by atoms with van der Waals surface area (Å²) in [5, 5.41) is 27.5. The summed E-state index contributed by atoms with van der Waals surface area (Å²) in [6.07, 6.45) is 9.39. The lowest BCUT2D eigenvalue weighted by Crippen LogP contribution is -2.31. The second kappa shape index (κ2) is 51.0. The van der Waals surface area contributed by atoms with E-state index in [-0.39, 0.29) is 129 Å². The van der Waals surface area contributed by atoms with Crippen molar-refractivity contribution in [3.8, 4) is 46.0 Å². The number of hydrogen-bond acceptors (Lipinski definition) is 27. The first-order valence-corrected chi connectivity index (χ1v) is 46.1. The molecule has 0 saturated carbocycles. The van der Waals surface area contributed by atoms with Crippen LogP contribution in [0.4, 0.5) is 17.6 Å². The molecule has 0 atom stereocenters. The number of nitrogens with one attached hydrogen (secondary N) is 2. The highest BCUT2D eigenvalue weighted by Gasteiger charge is 2.31. The number of ether oxygens (including phenoxy) is 11. The van der Waals surface area contributed by atoms with Crippen molar-refractivity contribution >= 4 is 108 Å². The van der Waals surface area contributed by atoms with E-state index >= 15 is 0 Å². The first kappa shape index (κ1) is 107. The molecule has 746 valence electrons. The van der Waals surface area contributed by atoms with Gasteiger partial charge in [-0.15, -0.1) is 0 Å². The zero-order valence-electron chi connectivity index (χ0n) is 81.1. The van der Waals surface area contributed by atoms with E-state index in [0.29, 0.717) is 68.3 Å². The molecule has 0 bridgehead atoms. The minimum Gasteiger partial charge on any atom is -0.504 e. The van der Waals surface area contributed by atoms with Crippen molar-refractivity contribution in [3.63, 3.8) is 0 Å². The molecule has 145 heavy (non-hydrogen) atoms. The highest BCUT2D eigenvalue weighted by atomic mass is 127. The Hall–Kier alpha value is -16.9. The van der Waals surface area contributed by atoms with E-state index in [9.17, 15) is 61.3 Å². The fraction of sp³-hybridized carbons (Fsp3) is 0.209. The van der Waals surface area contributed by atoms with E-state index < -0.39 is 47.4 Å². The molecule has 0 spiro atoms. The minimum atomic E-state index is -1.33. The van der Waals surface area contributed by atoms with Gasteiger partial charge >= 0.3 is 29.8 Å². The number of aryl methyl sites for hydroxylation is 1. The van der Waals surface area contributed by atoms with Crippen molar-refractivity contribution in [2.24, 2.45) is 0 Å². The lowest BCUT2D eigenvalue weighted by Gasteiger charge is -2.16. The second-order valence-corrected chi connectivity index (χ2v) is 33.8. The molecular weight excluding hydrogens is 1980 g/mol. The van der Waals surface area contributed by atoms with Gasteiger partial charge in [-0.1, -0.05) is 104 Å². The van der Waals surface area contributed by atoms with Crippen LogP contribution < -0.4 is 43.8 Å². The number of fused-ring (bicyclic) bond motifs is 4. The van der Waals surface area contributed by atoms with Crippen LogP contribution in [0, 0.1) is 27.0 Å². The zero-order valence-corrected chi connectivity index (χ0v) is 83.3. The highest BCUT2D eigenvalue weighted by molar-refractivity contribution is 14.1. The topological polar surface area (TPSA) is 389 Å². The number of carbonyl (C=O) groups excluding carboxylic acids is 6. The number of carbonyl (C=O) groups is 7. The Morgan fingerprint density at radius 2 is 0.566 bits per heavy atom. The Bertz CT molecular complexity index is 7290. The molecule has 8 heterocycles. The Morgan fingerprint density at radius 3 is 0.855 bits per heavy atom. The van der Waals surface area contributed by atoms with Gasteiger partial charge in [0.05, 0.1) is 56.9 Å². The summed E-state index contributed by atoms with van der Waals surface area (Å²) in [5.41, 5.74) is 10.4. The first-order valence-electron chi connectivity index (χ1n) is 45.0. The number of aromatic nitrogens is 8. The first-order chi connectivity index (χ1) is 69.8. The quantitative estimate of drug-likeness (QED) is 0.0103. The van der Waals surface area contributed by atoms with Crippen LogP contribution in [0.2, 0.25) is 0 Å². The number of nitrogens with zero attached hydrogens (tertiary/aromatic N) is 8. The number of carboxylic acid groups (broad SMARTS) is 1. The molecule has 35 heteroatoms. The van der Waals surface area contributed by atoms with Crippen LogP contribution in [0.5, 0.6) is 46.0 Å². The summed E-state index contributed by atoms with van der Waals surface area (Å²) in [6, 6.07) is 61.2. The molecule has 0 fully saturated rings. The molecule has 8 aromatic heterocycles.